The number of aromatic nitrogens is 5. The molecule has 2 aromatic heterocycles. The van der Waals surface area contributed by atoms with Crippen LogP contribution in [0.25, 0.3) is 11.4 Å². The van der Waals surface area contributed by atoms with Gasteiger partial charge in [-0.1, -0.05) is 42.1 Å². The number of ether oxygens (including phenoxy) is 2. The van der Waals surface area contributed by atoms with E-state index in [4.69, 9.17) is 9.47 Å². The van der Waals surface area contributed by atoms with Crippen molar-refractivity contribution >= 4 is 17.7 Å². The molecule has 0 unspecified atom stereocenters. The van der Waals surface area contributed by atoms with Crippen LogP contribution in [-0.4, -0.2) is 75.0 Å². The summed E-state index contributed by atoms with van der Waals surface area (Å²) < 4.78 is 14.3. The number of hydrogen-bond acceptors (Lipinski definition) is 7. The van der Waals surface area contributed by atoms with E-state index in [9.17, 15) is 4.79 Å². The Bertz CT molecular complexity index is 1080. The number of carbonyl (C=O) groups excluding carboxylic acids is 1. The van der Waals surface area contributed by atoms with Gasteiger partial charge in [-0.3, -0.25) is 14.0 Å². The molecule has 0 spiro atoms. The monoisotopic (exact) mass is 484 g/mol. The summed E-state index contributed by atoms with van der Waals surface area (Å²) in [5.74, 6) is 2.25. The summed E-state index contributed by atoms with van der Waals surface area (Å²) in [5.41, 5.74) is 2.13. The van der Waals surface area contributed by atoms with Crippen LogP contribution in [0.5, 0.6) is 5.88 Å². The van der Waals surface area contributed by atoms with Crippen molar-refractivity contribution in [2.24, 2.45) is 13.0 Å². The molecule has 4 rings (SSSR count). The first-order valence-corrected chi connectivity index (χ1v) is 12.5. The number of rotatable bonds is 10. The zero-order valence-electron chi connectivity index (χ0n) is 20.0. The fourth-order valence-corrected chi connectivity index (χ4v) is 5.17. The first kappa shape index (κ1) is 24.3. The number of amides is 1. The standard InChI is InChI=1S/C24H32N6O3S/c1-28-16-20(23(27-28)33-3)22-25-26-24(30(22)13-14-32-2)34-17-21(31)29-11-9-19(10-12-29)15-18-7-5-4-6-8-18/h4-8,16,19H,9-15,17H2,1-3H3. The first-order valence-electron chi connectivity index (χ1n) is 11.5. The molecule has 9 nitrogen and oxygen atoms in total. The number of benzene rings is 1. The summed E-state index contributed by atoms with van der Waals surface area (Å²) in [6.45, 7) is 2.69. The third-order valence-corrected chi connectivity index (χ3v) is 7.08. The Morgan fingerprint density at radius 2 is 1.91 bits per heavy atom. The number of piperidine rings is 1. The number of methoxy groups -OCH3 is 2. The van der Waals surface area contributed by atoms with Gasteiger partial charge in [0.1, 0.15) is 5.56 Å². The third-order valence-electron chi connectivity index (χ3n) is 6.12. The maximum atomic E-state index is 12.9. The average Bonchev–Trinajstić information content (AvgIpc) is 3.44. The molecule has 1 aromatic carbocycles. The predicted octanol–water partition coefficient (Wildman–Crippen LogP) is 2.91. The van der Waals surface area contributed by atoms with E-state index in [1.54, 1.807) is 18.9 Å². The molecule has 1 aliphatic rings. The molecule has 3 heterocycles. The van der Waals surface area contributed by atoms with Crippen molar-refractivity contribution in [3.63, 3.8) is 0 Å². The van der Waals surface area contributed by atoms with Crippen molar-refractivity contribution in [1.82, 2.24) is 29.4 Å². The van der Waals surface area contributed by atoms with Crippen molar-refractivity contribution in [2.75, 3.05) is 39.7 Å². The Labute approximate surface area is 204 Å². The molecular weight excluding hydrogens is 452 g/mol. The number of likely N-dealkylation sites (tertiary alicyclic amines) is 1. The fourth-order valence-electron chi connectivity index (χ4n) is 4.30. The van der Waals surface area contributed by atoms with Gasteiger partial charge in [0.05, 0.1) is 26.0 Å². The lowest BCUT2D eigenvalue weighted by Crippen LogP contribution is -2.39. The smallest absolute Gasteiger partial charge is 0.243 e. The predicted molar refractivity (Wildman–Crippen MR) is 131 cm³/mol. The molecule has 34 heavy (non-hydrogen) atoms. The van der Waals surface area contributed by atoms with E-state index >= 15 is 0 Å². The van der Waals surface area contributed by atoms with Gasteiger partial charge in [0, 0.05) is 33.4 Å². The highest BCUT2D eigenvalue weighted by Gasteiger charge is 2.25. The molecule has 0 radical (unpaired) electrons. The van der Waals surface area contributed by atoms with Crippen molar-refractivity contribution in [3.05, 3.63) is 42.1 Å². The molecule has 1 fully saturated rings. The molecule has 182 valence electrons. The van der Waals surface area contributed by atoms with E-state index < -0.39 is 0 Å². The van der Waals surface area contributed by atoms with Gasteiger partial charge >= 0.3 is 0 Å². The Hall–Kier alpha value is -2.85. The van der Waals surface area contributed by atoms with Gasteiger partial charge in [0.2, 0.25) is 11.8 Å². The van der Waals surface area contributed by atoms with Crippen molar-refractivity contribution < 1.29 is 14.3 Å². The second-order valence-electron chi connectivity index (χ2n) is 8.48. The summed E-state index contributed by atoms with van der Waals surface area (Å²) in [6.07, 6.45) is 5.02. The van der Waals surface area contributed by atoms with Gasteiger partial charge in [0.15, 0.2) is 11.0 Å². The maximum Gasteiger partial charge on any atom is 0.243 e. The van der Waals surface area contributed by atoms with Crippen LogP contribution in [0.3, 0.4) is 0 Å². The largest absolute Gasteiger partial charge is 0.479 e. The highest BCUT2D eigenvalue weighted by atomic mass is 32.2. The van der Waals surface area contributed by atoms with Crippen LogP contribution in [0.2, 0.25) is 0 Å². The molecule has 3 aromatic rings. The van der Waals surface area contributed by atoms with Crippen LogP contribution < -0.4 is 4.74 Å². The number of thioether (sulfide) groups is 1. The van der Waals surface area contributed by atoms with Crippen LogP contribution >= 0.6 is 11.8 Å². The fraction of sp³-hybridized carbons (Fsp3) is 0.500. The number of aryl methyl sites for hydroxylation is 1. The zero-order valence-corrected chi connectivity index (χ0v) is 20.8. The molecule has 10 heteroatoms. The quantitative estimate of drug-likeness (QED) is 0.409. The molecule has 0 saturated carbocycles. The molecule has 0 aliphatic carbocycles. The molecule has 0 bridgehead atoms. The minimum absolute atomic E-state index is 0.143. The zero-order chi connectivity index (χ0) is 23.9. The Morgan fingerprint density at radius 1 is 1.15 bits per heavy atom. The van der Waals surface area contributed by atoms with E-state index in [1.807, 2.05) is 22.7 Å². The Kier molecular flexibility index (Phi) is 8.23. The molecule has 0 atom stereocenters. The molecule has 1 saturated heterocycles. The van der Waals surface area contributed by atoms with Crippen LogP contribution in [0.1, 0.15) is 18.4 Å². The number of hydrogen-bond donors (Lipinski definition) is 0. The van der Waals surface area contributed by atoms with Crippen molar-refractivity contribution in [1.29, 1.82) is 0 Å². The molecule has 1 amide bonds. The highest BCUT2D eigenvalue weighted by molar-refractivity contribution is 7.99. The van der Waals surface area contributed by atoms with Gasteiger partial charge in [-0.05, 0) is 30.7 Å². The van der Waals surface area contributed by atoms with Gasteiger partial charge in [-0.25, -0.2) is 0 Å². The number of carbonyl (C=O) groups is 1. The van der Waals surface area contributed by atoms with Crippen LogP contribution in [0, 0.1) is 5.92 Å². The lowest BCUT2D eigenvalue weighted by Gasteiger charge is -2.32. The van der Waals surface area contributed by atoms with Gasteiger partial charge in [-0.15, -0.1) is 15.3 Å². The van der Waals surface area contributed by atoms with Gasteiger partial charge in [-0.2, -0.15) is 0 Å². The van der Waals surface area contributed by atoms with E-state index in [0.29, 0.717) is 41.7 Å². The van der Waals surface area contributed by atoms with Gasteiger partial charge in [0.25, 0.3) is 0 Å². The molecule has 0 N–H and O–H groups in total. The van der Waals surface area contributed by atoms with Crippen LogP contribution in [0.4, 0.5) is 0 Å². The first-order chi connectivity index (χ1) is 16.6. The second-order valence-corrected chi connectivity index (χ2v) is 9.42. The SMILES string of the molecule is COCCn1c(SCC(=O)N2CCC(Cc3ccccc3)CC2)nnc1-c1cn(C)nc1OC. The minimum atomic E-state index is 0.143. The van der Waals surface area contributed by atoms with E-state index in [-0.39, 0.29) is 5.91 Å². The maximum absolute atomic E-state index is 12.9. The Balaban J connectivity index is 1.36. The lowest BCUT2D eigenvalue weighted by molar-refractivity contribution is -0.129. The molecular formula is C24H32N6O3S. The van der Waals surface area contributed by atoms with Crippen LogP contribution in [0.15, 0.2) is 41.7 Å². The lowest BCUT2D eigenvalue weighted by atomic mass is 9.90. The van der Waals surface area contributed by atoms with Crippen molar-refractivity contribution in [2.45, 2.75) is 31.0 Å². The minimum Gasteiger partial charge on any atom is -0.479 e. The van der Waals surface area contributed by atoms with E-state index in [2.05, 4.69) is 45.6 Å². The molecule has 1 aliphatic heterocycles. The normalized spacial score (nSPS) is 14.5. The average molecular weight is 485 g/mol. The summed E-state index contributed by atoms with van der Waals surface area (Å²) in [7, 11) is 5.07. The van der Waals surface area contributed by atoms with Crippen molar-refractivity contribution in [3.8, 4) is 17.3 Å². The van der Waals surface area contributed by atoms with Crippen LogP contribution in [-0.2, 0) is 29.5 Å². The topological polar surface area (TPSA) is 87.3 Å². The summed E-state index contributed by atoms with van der Waals surface area (Å²) >= 11 is 1.41. The Morgan fingerprint density at radius 3 is 2.62 bits per heavy atom. The highest BCUT2D eigenvalue weighted by Crippen LogP contribution is 2.30. The number of nitrogens with zero attached hydrogens (tertiary/aromatic N) is 6. The summed E-state index contributed by atoms with van der Waals surface area (Å²) in [6, 6.07) is 10.6. The van der Waals surface area contributed by atoms with E-state index in [0.717, 1.165) is 37.9 Å². The van der Waals surface area contributed by atoms with E-state index in [1.165, 1.54) is 17.3 Å². The second kappa shape index (κ2) is 11.5. The third kappa shape index (κ3) is 5.79. The summed E-state index contributed by atoms with van der Waals surface area (Å²) in [4.78, 5) is 14.9. The summed E-state index contributed by atoms with van der Waals surface area (Å²) in [5, 5.41) is 13.7. The van der Waals surface area contributed by atoms with Gasteiger partial charge < -0.3 is 14.4 Å².